The second-order valence-corrected chi connectivity index (χ2v) is 6.06. The molecule has 0 saturated carbocycles. The first-order valence-corrected chi connectivity index (χ1v) is 6.75. The summed E-state index contributed by atoms with van der Waals surface area (Å²) in [5, 5.41) is 10.1. The Hall–Kier alpha value is -0.500. The van der Waals surface area contributed by atoms with Gasteiger partial charge in [0.25, 0.3) is 0 Å². The summed E-state index contributed by atoms with van der Waals surface area (Å²) in [6.45, 7) is 0. The molecule has 0 unspecified atom stereocenters. The quantitative estimate of drug-likeness (QED) is 0.731. The molecule has 1 heterocycles. The fourth-order valence-corrected chi connectivity index (χ4v) is 3.51. The third-order valence-corrected chi connectivity index (χ3v) is 4.31. The summed E-state index contributed by atoms with van der Waals surface area (Å²) in [5.74, 6) is 0. The summed E-state index contributed by atoms with van der Waals surface area (Å²) in [6, 6.07) is 8.29. The van der Waals surface area contributed by atoms with Gasteiger partial charge in [-0.25, -0.2) is 0 Å². The van der Waals surface area contributed by atoms with Crippen molar-refractivity contribution in [2.24, 2.45) is 0 Å². The topological polar surface area (TPSA) is 23.8 Å². The van der Waals surface area contributed by atoms with Crippen molar-refractivity contribution in [3.8, 4) is 6.07 Å². The lowest BCUT2D eigenvalue weighted by atomic mass is 10.2. The van der Waals surface area contributed by atoms with Crippen molar-refractivity contribution in [2.75, 3.05) is 6.26 Å². The Morgan fingerprint density at radius 3 is 2.86 bits per heavy atom. The SMILES string of the molecule is CSc1cc2sc(Br)cc2cc1C#N. The minimum Gasteiger partial charge on any atom is -0.192 e. The summed E-state index contributed by atoms with van der Waals surface area (Å²) in [7, 11) is 0. The molecular formula is C10H6BrNS2. The van der Waals surface area contributed by atoms with Crippen LogP contribution < -0.4 is 0 Å². The lowest BCUT2D eigenvalue weighted by Crippen LogP contribution is -1.78. The number of thioether (sulfide) groups is 1. The van der Waals surface area contributed by atoms with E-state index in [1.165, 1.54) is 4.70 Å². The lowest BCUT2D eigenvalue weighted by Gasteiger charge is -1.99. The Morgan fingerprint density at radius 1 is 1.43 bits per heavy atom. The summed E-state index contributed by atoms with van der Waals surface area (Å²) in [6.07, 6.45) is 1.99. The van der Waals surface area contributed by atoms with E-state index in [0.29, 0.717) is 0 Å². The zero-order valence-electron chi connectivity index (χ0n) is 7.37. The van der Waals surface area contributed by atoms with Crippen molar-refractivity contribution < 1.29 is 0 Å². The molecular weight excluding hydrogens is 278 g/mol. The van der Waals surface area contributed by atoms with E-state index >= 15 is 0 Å². The third kappa shape index (κ3) is 1.68. The molecule has 70 valence electrons. The van der Waals surface area contributed by atoms with Crippen molar-refractivity contribution in [3.63, 3.8) is 0 Å². The molecule has 1 aromatic heterocycles. The van der Waals surface area contributed by atoms with Crippen LogP contribution in [0.25, 0.3) is 10.1 Å². The Bertz CT molecular complexity index is 525. The van der Waals surface area contributed by atoms with Crippen molar-refractivity contribution in [1.29, 1.82) is 5.26 Å². The number of nitrogens with zero attached hydrogens (tertiary/aromatic N) is 1. The highest BCUT2D eigenvalue weighted by Gasteiger charge is 2.06. The molecule has 0 fully saturated rings. The number of nitriles is 1. The van der Waals surface area contributed by atoms with Gasteiger partial charge >= 0.3 is 0 Å². The van der Waals surface area contributed by atoms with E-state index in [1.54, 1.807) is 23.1 Å². The second-order valence-electron chi connectivity index (χ2n) is 2.75. The van der Waals surface area contributed by atoms with Gasteiger partial charge in [0.15, 0.2) is 0 Å². The highest BCUT2D eigenvalue weighted by atomic mass is 79.9. The summed E-state index contributed by atoms with van der Waals surface area (Å²) >= 11 is 6.75. The molecule has 1 nitrogen and oxygen atoms in total. The highest BCUT2D eigenvalue weighted by Crippen LogP contribution is 2.34. The van der Waals surface area contributed by atoms with Gasteiger partial charge in [-0.3, -0.25) is 0 Å². The van der Waals surface area contributed by atoms with E-state index in [0.717, 1.165) is 19.6 Å². The molecule has 0 aliphatic heterocycles. The molecule has 2 aromatic rings. The van der Waals surface area contributed by atoms with Crippen LogP contribution in [0.1, 0.15) is 5.56 Å². The van der Waals surface area contributed by atoms with Crippen molar-refractivity contribution in [1.82, 2.24) is 0 Å². The van der Waals surface area contributed by atoms with Gasteiger partial charge in [0, 0.05) is 9.60 Å². The predicted octanol–water partition coefficient (Wildman–Crippen LogP) is 4.26. The van der Waals surface area contributed by atoms with Crippen LogP contribution in [0.5, 0.6) is 0 Å². The van der Waals surface area contributed by atoms with Crippen LogP contribution in [-0.4, -0.2) is 6.26 Å². The van der Waals surface area contributed by atoms with Crippen LogP contribution in [-0.2, 0) is 0 Å². The van der Waals surface area contributed by atoms with E-state index in [1.807, 2.05) is 18.4 Å². The van der Waals surface area contributed by atoms with Gasteiger partial charge in [-0.15, -0.1) is 23.1 Å². The standard InChI is InChI=1S/C10H6BrNS2/c1-13-8-4-9-6(2-7(8)5-12)3-10(11)14-9/h2-4H,1H3. The van der Waals surface area contributed by atoms with E-state index in [9.17, 15) is 0 Å². The largest absolute Gasteiger partial charge is 0.192 e. The molecule has 0 aliphatic carbocycles. The zero-order chi connectivity index (χ0) is 10.1. The zero-order valence-corrected chi connectivity index (χ0v) is 10.6. The molecule has 4 heteroatoms. The molecule has 0 spiro atoms. The van der Waals surface area contributed by atoms with Crippen LogP contribution in [0, 0.1) is 11.3 Å². The first-order valence-electron chi connectivity index (χ1n) is 3.92. The maximum absolute atomic E-state index is 8.94. The van der Waals surface area contributed by atoms with E-state index in [2.05, 4.69) is 28.1 Å². The highest BCUT2D eigenvalue weighted by molar-refractivity contribution is 9.11. The van der Waals surface area contributed by atoms with E-state index in [-0.39, 0.29) is 0 Å². The lowest BCUT2D eigenvalue weighted by molar-refractivity contribution is 1.40. The van der Waals surface area contributed by atoms with Gasteiger partial charge in [-0.2, -0.15) is 5.26 Å². The monoisotopic (exact) mass is 283 g/mol. The maximum Gasteiger partial charge on any atom is 0.100 e. The smallest absolute Gasteiger partial charge is 0.100 e. The maximum atomic E-state index is 8.94. The van der Waals surface area contributed by atoms with Crippen LogP contribution in [0.4, 0.5) is 0 Å². The minimum atomic E-state index is 0.760. The average Bonchev–Trinajstić information content (AvgIpc) is 2.54. The molecule has 0 amide bonds. The van der Waals surface area contributed by atoms with Crippen molar-refractivity contribution >= 4 is 49.1 Å². The predicted molar refractivity (Wildman–Crippen MR) is 66.0 cm³/mol. The Kier molecular flexibility index (Phi) is 2.82. The minimum absolute atomic E-state index is 0.760. The molecule has 14 heavy (non-hydrogen) atoms. The fraction of sp³-hybridized carbons (Fsp3) is 0.100. The molecule has 0 saturated heterocycles. The Balaban J connectivity index is 2.76. The summed E-state index contributed by atoms with van der Waals surface area (Å²) < 4.78 is 2.33. The summed E-state index contributed by atoms with van der Waals surface area (Å²) in [4.78, 5) is 1.05. The molecule has 0 N–H and O–H groups in total. The van der Waals surface area contributed by atoms with Crippen molar-refractivity contribution in [3.05, 3.63) is 27.5 Å². The number of halogens is 1. The van der Waals surface area contributed by atoms with E-state index in [4.69, 9.17) is 5.26 Å². The molecule has 0 atom stereocenters. The van der Waals surface area contributed by atoms with Gasteiger partial charge in [0.1, 0.15) is 6.07 Å². The van der Waals surface area contributed by atoms with Gasteiger partial charge in [-0.05, 0) is 45.8 Å². The number of hydrogen-bond acceptors (Lipinski definition) is 3. The number of fused-ring (bicyclic) bond motifs is 1. The molecule has 0 bridgehead atoms. The number of hydrogen-bond donors (Lipinski definition) is 0. The van der Waals surface area contributed by atoms with Crippen molar-refractivity contribution in [2.45, 2.75) is 4.90 Å². The van der Waals surface area contributed by atoms with Crippen LogP contribution in [0.2, 0.25) is 0 Å². The molecule has 1 aromatic carbocycles. The average molecular weight is 284 g/mol. The van der Waals surface area contributed by atoms with Gasteiger partial charge < -0.3 is 0 Å². The fourth-order valence-electron chi connectivity index (χ4n) is 1.29. The third-order valence-electron chi connectivity index (χ3n) is 1.93. The normalized spacial score (nSPS) is 10.4. The first-order chi connectivity index (χ1) is 6.74. The van der Waals surface area contributed by atoms with Gasteiger partial charge in [0.05, 0.1) is 9.35 Å². The first kappa shape index (κ1) is 10.0. The number of benzene rings is 1. The summed E-state index contributed by atoms with van der Waals surface area (Å²) in [5.41, 5.74) is 0.760. The van der Waals surface area contributed by atoms with E-state index < -0.39 is 0 Å². The van der Waals surface area contributed by atoms with Gasteiger partial charge in [0.2, 0.25) is 0 Å². The molecule has 2 rings (SSSR count). The Morgan fingerprint density at radius 2 is 2.21 bits per heavy atom. The van der Waals surface area contributed by atoms with Crippen LogP contribution >= 0.6 is 39.0 Å². The second kappa shape index (κ2) is 3.93. The number of thiophene rings is 1. The number of rotatable bonds is 1. The molecule has 0 aliphatic rings. The van der Waals surface area contributed by atoms with Gasteiger partial charge in [-0.1, -0.05) is 0 Å². The Labute approximate surface area is 98.9 Å². The van der Waals surface area contributed by atoms with Crippen LogP contribution in [0.3, 0.4) is 0 Å². The van der Waals surface area contributed by atoms with Crippen LogP contribution in [0.15, 0.2) is 26.9 Å². The molecule has 0 radical (unpaired) electrons.